The van der Waals surface area contributed by atoms with Gasteiger partial charge in [-0.2, -0.15) is 5.10 Å². The molecule has 0 aliphatic carbocycles. The van der Waals surface area contributed by atoms with Gasteiger partial charge in [0.2, 0.25) is 0 Å². The van der Waals surface area contributed by atoms with E-state index in [1.807, 2.05) is 24.3 Å². The summed E-state index contributed by atoms with van der Waals surface area (Å²) in [6.45, 7) is 0. The van der Waals surface area contributed by atoms with Crippen molar-refractivity contribution in [2.45, 2.75) is 11.3 Å². The number of carbonyl (C=O) groups excluding carboxylic acids is 1. The number of para-hydroxylation sites is 1. The van der Waals surface area contributed by atoms with Gasteiger partial charge in [-0.3, -0.25) is 10.2 Å². The van der Waals surface area contributed by atoms with E-state index >= 15 is 0 Å². The molecule has 0 unspecified atom stereocenters. The fraction of sp³-hybridized carbons (Fsp3) is 0.273. The van der Waals surface area contributed by atoms with E-state index < -0.39 is 0 Å². The number of nitrogens with zero attached hydrogens (tertiary/aromatic N) is 1. The van der Waals surface area contributed by atoms with E-state index in [1.165, 1.54) is 11.8 Å². The van der Waals surface area contributed by atoms with Crippen LogP contribution in [0.5, 0.6) is 5.75 Å². The summed E-state index contributed by atoms with van der Waals surface area (Å²) in [5.41, 5.74) is 4.06. The van der Waals surface area contributed by atoms with E-state index in [0.29, 0.717) is 5.84 Å². The minimum absolute atomic E-state index is 0.0128. The normalized spacial score (nSPS) is 25.9. The Hall–Kier alpha value is -1.69. The number of carbonyl (C=O) groups is 1. The number of methoxy groups -OCH3 is 1. The number of hydrogen-bond donors (Lipinski definition) is 2. The van der Waals surface area contributed by atoms with Crippen LogP contribution in [0.1, 0.15) is 11.6 Å². The molecule has 1 amide bonds. The van der Waals surface area contributed by atoms with Crippen LogP contribution in [-0.4, -0.2) is 23.4 Å². The fourth-order valence-corrected chi connectivity index (χ4v) is 3.02. The minimum Gasteiger partial charge on any atom is -0.496 e. The van der Waals surface area contributed by atoms with Crippen molar-refractivity contribution < 1.29 is 9.53 Å². The molecule has 1 saturated heterocycles. The standard InChI is InChI=1S/C11H11N3O2S/c1-16-7-5-3-2-4-6(7)8-9-10(14-13-8)12-11(15)17-9/h2-5,8-9,13H,1H3,(H,12,14,15)/t8-,9+/m0/s1. The van der Waals surface area contributed by atoms with E-state index in [0.717, 1.165) is 11.3 Å². The van der Waals surface area contributed by atoms with E-state index in [2.05, 4.69) is 15.8 Å². The van der Waals surface area contributed by atoms with Crippen molar-refractivity contribution in [1.29, 1.82) is 0 Å². The highest BCUT2D eigenvalue weighted by Crippen LogP contribution is 2.38. The minimum atomic E-state index is -0.0462. The second-order valence-electron chi connectivity index (χ2n) is 3.80. The summed E-state index contributed by atoms with van der Waals surface area (Å²) in [6.07, 6.45) is 0. The van der Waals surface area contributed by atoms with E-state index in [4.69, 9.17) is 4.74 Å². The maximum absolute atomic E-state index is 11.3. The van der Waals surface area contributed by atoms with Crippen molar-refractivity contribution in [2.24, 2.45) is 5.10 Å². The summed E-state index contributed by atoms with van der Waals surface area (Å²) in [5.74, 6) is 1.51. The fourth-order valence-electron chi connectivity index (χ4n) is 2.06. The summed E-state index contributed by atoms with van der Waals surface area (Å²) >= 11 is 1.26. The molecule has 0 aromatic heterocycles. The van der Waals surface area contributed by atoms with Crippen molar-refractivity contribution in [3.63, 3.8) is 0 Å². The van der Waals surface area contributed by atoms with Gasteiger partial charge in [-0.15, -0.1) is 0 Å². The molecule has 1 aromatic rings. The van der Waals surface area contributed by atoms with Gasteiger partial charge in [0.15, 0.2) is 0 Å². The third-order valence-electron chi connectivity index (χ3n) is 2.83. The van der Waals surface area contributed by atoms with Crippen LogP contribution >= 0.6 is 11.8 Å². The van der Waals surface area contributed by atoms with Crippen LogP contribution in [-0.2, 0) is 0 Å². The highest BCUT2D eigenvalue weighted by molar-refractivity contribution is 8.15. The lowest BCUT2D eigenvalue weighted by Gasteiger charge is -2.17. The third kappa shape index (κ3) is 1.64. The molecule has 0 radical (unpaired) electrons. The Morgan fingerprint density at radius 1 is 1.41 bits per heavy atom. The summed E-state index contributed by atoms with van der Waals surface area (Å²) in [7, 11) is 1.64. The highest BCUT2D eigenvalue weighted by atomic mass is 32.2. The average molecular weight is 249 g/mol. The summed E-state index contributed by atoms with van der Waals surface area (Å²) in [4.78, 5) is 11.3. The van der Waals surface area contributed by atoms with Crippen LogP contribution in [0.15, 0.2) is 29.4 Å². The molecule has 3 rings (SSSR count). The van der Waals surface area contributed by atoms with Gasteiger partial charge in [-0.25, -0.2) is 0 Å². The zero-order valence-electron chi connectivity index (χ0n) is 9.14. The topological polar surface area (TPSA) is 62.7 Å². The Kier molecular flexibility index (Phi) is 2.44. The van der Waals surface area contributed by atoms with Gasteiger partial charge in [-0.05, 0) is 6.07 Å². The largest absolute Gasteiger partial charge is 0.496 e. The zero-order chi connectivity index (χ0) is 11.8. The number of ether oxygens (including phenoxy) is 1. The van der Waals surface area contributed by atoms with Gasteiger partial charge in [0, 0.05) is 5.56 Å². The summed E-state index contributed by atoms with van der Waals surface area (Å²) in [6, 6.07) is 7.74. The molecule has 0 spiro atoms. The zero-order valence-corrected chi connectivity index (χ0v) is 9.95. The number of hydrogen-bond acceptors (Lipinski definition) is 5. The Morgan fingerprint density at radius 3 is 3.06 bits per heavy atom. The maximum atomic E-state index is 11.3. The number of thioether (sulfide) groups is 1. The van der Waals surface area contributed by atoms with Crippen LogP contribution in [0.25, 0.3) is 0 Å². The molecule has 2 N–H and O–H groups in total. The average Bonchev–Trinajstić information content (AvgIpc) is 2.87. The number of hydrazone groups is 1. The quantitative estimate of drug-likeness (QED) is 0.833. The lowest BCUT2D eigenvalue weighted by atomic mass is 10.0. The monoisotopic (exact) mass is 249 g/mol. The van der Waals surface area contributed by atoms with Crippen LogP contribution in [0.4, 0.5) is 4.79 Å². The number of nitrogens with one attached hydrogen (secondary N) is 2. The van der Waals surface area contributed by atoms with Gasteiger partial charge in [0.25, 0.3) is 5.24 Å². The molecule has 5 nitrogen and oxygen atoms in total. The molecule has 2 atom stereocenters. The van der Waals surface area contributed by atoms with Crippen molar-refractivity contribution >= 4 is 22.8 Å². The van der Waals surface area contributed by atoms with Gasteiger partial charge in [-0.1, -0.05) is 30.0 Å². The first kappa shape index (κ1) is 10.5. The lowest BCUT2D eigenvalue weighted by molar-refractivity contribution is 0.265. The first-order chi connectivity index (χ1) is 8.29. The van der Waals surface area contributed by atoms with Crippen LogP contribution < -0.4 is 15.5 Å². The molecule has 2 aliphatic heterocycles. The molecule has 1 aromatic carbocycles. The smallest absolute Gasteiger partial charge is 0.285 e. The van der Waals surface area contributed by atoms with Crippen molar-refractivity contribution in [1.82, 2.24) is 10.7 Å². The molecular weight excluding hydrogens is 238 g/mol. The highest BCUT2D eigenvalue weighted by Gasteiger charge is 2.42. The van der Waals surface area contributed by atoms with Gasteiger partial charge >= 0.3 is 0 Å². The van der Waals surface area contributed by atoms with Gasteiger partial charge < -0.3 is 10.1 Å². The predicted octanol–water partition coefficient (Wildman–Crippen LogP) is 1.48. The Morgan fingerprint density at radius 2 is 2.24 bits per heavy atom. The van der Waals surface area contributed by atoms with Crippen molar-refractivity contribution in [3.8, 4) is 5.75 Å². The number of amides is 1. The van der Waals surface area contributed by atoms with E-state index in [-0.39, 0.29) is 16.5 Å². The Bertz CT molecular complexity index is 503. The first-order valence-electron chi connectivity index (χ1n) is 5.23. The Balaban J connectivity index is 1.94. The Labute approximate surface area is 103 Å². The second-order valence-corrected chi connectivity index (χ2v) is 4.91. The molecule has 0 saturated carbocycles. The van der Waals surface area contributed by atoms with E-state index in [9.17, 15) is 4.79 Å². The SMILES string of the molecule is COc1ccccc1[C@@H]1NN=C2NC(=O)S[C@@H]21. The maximum Gasteiger partial charge on any atom is 0.285 e. The third-order valence-corrected chi connectivity index (χ3v) is 3.90. The predicted molar refractivity (Wildman–Crippen MR) is 66.2 cm³/mol. The van der Waals surface area contributed by atoms with Gasteiger partial charge in [0.1, 0.15) is 11.6 Å². The van der Waals surface area contributed by atoms with E-state index in [1.54, 1.807) is 7.11 Å². The number of fused-ring (bicyclic) bond motifs is 1. The van der Waals surface area contributed by atoms with Gasteiger partial charge in [0.05, 0.1) is 18.4 Å². The number of rotatable bonds is 2. The van der Waals surface area contributed by atoms with Crippen LogP contribution in [0, 0.1) is 0 Å². The molecule has 6 heteroatoms. The first-order valence-corrected chi connectivity index (χ1v) is 6.11. The van der Waals surface area contributed by atoms with Crippen LogP contribution in [0.2, 0.25) is 0 Å². The summed E-state index contributed by atoms with van der Waals surface area (Å²) in [5, 5.41) is 6.83. The molecule has 88 valence electrons. The van der Waals surface area contributed by atoms with Crippen molar-refractivity contribution in [2.75, 3.05) is 7.11 Å². The summed E-state index contributed by atoms with van der Waals surface area (Å²) < 4.78 is 5.33. The second kappa shape index (κ2) is 3.96. The molecular formula is C11H11N3O2S. The molecule has 2 heterocycles. The number of amidine groups is 1. The molecule has 1 fully saturated rings. The number of benzene rings is 1. The van der Waals surface area contributed by atoms with Crippen molar-refractivity contribution in [3.05, 3.63) is 29.8 Å². The molecule has 17 heavy (non-hydrogen) atoms. The molecule has 0 bridgehead atoms. The van der Waals surface area contributed by atoms with Crippen LogP contribution in [0.3, 0.4) is 0 Å². The molecule has 2 aliphatic rings. The lowest BCUT2D eigenvalue weighted by Crippen LogP contribution is -2.25.